The van der Waals surface area contributed by atoms with Crippen LogP contribution in [-0.4, -0.2) is 30.2 Å². The Morgan fingerprint density at radius 1 is 1.09 bits per heavy atom. The third kappa shape index (κ3) is 3.32. The zero-order valence-electron chi connectivity index (χ0n) is 13.0. The number of aliphatic hydroxyl groups excluding tert-OH is 1. The lowest BCUT2D eigenvalue weighted by molar-refractivity contribution is 0.134. The van der Waals surface area contributed by atoms with Gasteiger partial charge in [0.15, 0.2) is 0 Å². The second-order valence-electron chi connectivity index (χ2n) is 5.84. The molecular weight excluding hydrogens is 274 g/mol. The highest BCUT2D eigenvalue weighted by atomic mass is 16.5. The van der Waals surface area contributed by atoms with E-state index in [2.05, 4.69) is 29.2 Å². The first kappa shape index (κ1) is 15.1. The minimum absolute atomic E-state index is 0.478. The number of para-hydroxylation sites is 1. The first-order valence-electron chi connectivity index (χ1n) is 7.88. The Bertz CT molecular complexity index is 626. The summed E-state index contributed by atoms with van der Waals surface area (Å²) in [6.45, 7) is 2.94. The summed E-state index contributed by atoms with van der Waals surface area (Å²) in [7, 11) is 1.65. The molecule has 1 aliphatic rings. The molecule has 3 nitrogen and oxygen atoms in total. The summed E-state index contributed by atoms with van der Waals surface area (Å²) in [4.78, 5) is 2.42. The molecule has 1 unspecified atom stereocenters. The molecule has 0 bridgehead atoms. The largest absolute Gasteiger partial charge is 0.496 e. The van der Waals surface area contributed by atoms with E-state index in [1.165, 1.54) is 11.1 Å². The van der Waals surface area contributed by atoms with Crippen molar-refractivity contribution in [2.75, 3.05) is 20.2 Å². The van der Waals surface area contributed by atoms with E-state index < -0.39 is 6.10 Å². The summed E-state index contributed by atoms with van der Waals surface area (Å²) in [5, 5.41) is 10.5. The van der Waals surface area contributed by atoms with Crippen molar-refractivity contribution >= 4 is 0 Å². The number of rotatable bonds is 5. The molecule has 3 heteroatoms. The maximum absolute atomic E-state index is 10.5. The van der Waals surface area contributed by atoms with E-state index in [-0.39, 0.29) is 0 Å². The molecule has 0 aromatic heterocycles. The van der Waals surface area contributed by atoms with Gasteiger partial charge in [0.1, 0.15) is 5.75 Å². The Hall–Kier alpha value is -1.84. The quantitative estimate of drug-likeness (QED) is 0.920. The van der Waals surface area contributed by atoms with Gasteiger partial charge in [0.05, 0.1) is 13.2 Å². The van der Waals surface area contributed by atoms with Gasteiger partial charge in [0.2, 0.25) is 0 Å². The Morgan fingerprint density at radius 2 is 1.82 bits per heavy atom. The summed E-state index contributed by atoms with van der Waals surface area (Å²) in [6.07, 6.45) is 1.34. The van der Waals surface area contributed by atoms with Crippen molar-refractivity contribution in [3.8, 4) is 5.75 Å². The molecule has 22 heavy (non-hydrogen) atoms. The van der Waals surface area contributed by atoms with Crippen LogP contribution in [0.2, 0.25) is 0 Å². The number of hydrogen-bond acceptors (Lipinski definition) is 3. The van der Waals surface area contributed by atoms with Gasteiger partial charge in [-0.1, -0.05) is 42.5 Å². The minimum Gasteiger partial charge on any atom is -0.496 e. The molecule has 2 aromatic rings. The lowest BCUT2D eigenvalue weighted by Gasteiger charge is -2.29. The highest BCUT2D eigenvalue weighted by Crippen LogP contribution is 2.27. The predicted octanol–water partition coefficient (Wildman–Crippen LogP) is 3.18. The van der Waals surface area contributed by atoms with E-state index in [9.17, 15) is 5.11 Å². The van der Waals surface area contributed by atoms with E-state index in [1.807, 2.05) is 24.3 Å². The Kier molecular flexibility index (Phi) is 4.76. The van der Waals surface area contributed by atoms with Crippen LogP contribution in [0.4, 0.5) is 0 Å². The fourth-order valence-electron chi connectivity index (χ4n) is 3.15. The summed E-state index contributed by atoms with van der Waals surface area (Å²) in [5.41, 5.74) is 3.76. The summed E-state index contributed by atoms with van der Waals surface area (Å²) < 4.78 is 5.33. The SMILES string of the molecule is COc1ccccc1C(O)CCN1CCc2ccccc2C1. The second kappa shape index (κ2) is 6.95. The van der Waals surface area contributed by atoms with Gasteiger partial charge in [-0.3, -0.25) is 4.90 Å². The fraction of sp³-hybridized carbons (Fsp3) is 0.368. The van der Waals surface area contributed by atoms with Crippen molar-refractivity contribution in [1.82, 2.24) is 4.90 Å². The summed E-state index contributed by atoms with van der Waals surface area (Å²) in [5.74, 6) is 0.763. The van der Waals surface area contributed by atoms with E-state index in [1.54, 1.807) is 7.11 Å². The molecule has 1 atom stereocenters. The van der Waals surface area contributed by atoms with Gasteiger partial charge in [-0.05, 0) is 30.0 Å². The number of aliphatic hydroxyl groups is 1. The number of benzene rings is 2. The van der Waals surface area contributed by atoms with Gasteiger partial charge in [-0.15, -0.1) is 0 Å². The van der Waals surface area contributed by atoms with Gasteiger partial charge in [0.25, 0.3) is 0 Å². The van der Waals surface area contributed by atoms with Crippen LogP contribution in [0.1, 0.15) is 29.2 Å². The number of methoxy groups -OCH3 is 1. The predicted molar refractivity (Wildman–Crippen MR) is 88.0 cm³/mol. The molecule has 2 aromatic carbocycles. The van der Waals surface area contributed by atoms with Crippen molar-refractivity contribution in [3.63, 3.8) is 0 Å². The fourth-order valence-corrected chi connectivity index (χ4v) is 3.15. The van der Waals surface area contributed by atoms with Crippen molar-refractivity contribution in [2.45, 2.75) is 25.5 Å². The third-order valence-corrected chi connectivity index (χ3v) is 4.43. The first-order chi connectivity index (χ1) is 10.8. The summed E-state index contributed by atoms with van der Waals surface area (Å²) in [6, 6.07) is 16.3. The molecule has 0 amide bonds. The van der Waals surface area contributed by atoms with Gasteiger partial charge >= 0.3 is 0 Å². The van der Waals surface area contributed by atoms with Crippen molar-refractivity contribution < 1.29 is 9.84 Å². The van der Waals surface area contributed by atoms with Crippen LogP contribution in [0.5, 0.6) is 5.75 Å². The zero-order chi connectivity index (χ0) is 15.4. The second-order valence-corrected chi connectivity index (χ2v) is 5.84. The van der Waals surface area contributed by atoms with E-state index in [0.717, 1.165) is 43.8 Å². The molecule has 1 aliphatic heterocycles. The zero-order valence-corrected chi connectivity index (χ0v) is 13.0. The molecule has 0 spiro atoms. The van der Waals surface area contributed by atoms with Crippen LogP contribution < -0.4 is 4.74 Å². The molecule has 3 rings (SSSR count). The van der Waals surface area contributed by atoms with E-state index >= 15 is 0 Å². The number of ether oxygens (including phenoxy) is 1. The molecular formula is C19H23NO2. The molecule has 0 radical (unpaired) electrons. The third-order valence-electron chi connectivity index (χ3n) is 4.43. The molecule has 0 fully saturated rings. The van der Waals surface area contributed by atoms with Crippen LogP contribution in [-0.2, 0) is 13.0 Å². The molecule has 0 saturated heterocycles. The molecule has 116 valence electrons. The van der Waals surface area contributed by atoms with Crippen LogP contribution >= 0.6 is 0 Å². The minimum atomic E-state index is -0.478. The monoisotopic (exact) mass is 297 g/mol. The Labute approximate surface area is 132 Å². The lowest BCUT2D eigenvalue weighted by Crippen LogP contribution is -2.32. The highest BCUT2D eigenvalue weighted by Gasteiger charge is 2.18. The van der Waals surface area contributed by atoms with Crippen LogP contribution in [0.3, 0.4) is 0 Å². The number of fused-ring (bicyclic) bond motifs is 1. The number of hydrogen-bond donors (Lipinski definition) is 1. The Morgan fingerprint density at radius 3 is 2.64 bits per heavy atom. The number of nitrogens with zero attached hydrogens (tertiary/aromatic N) is 1. The topological polar surface area (TPSA) is 32.7 Å². The van der Waals surface area contributed by atoms with Gasteiger partial charge in [0, 0.05) is 25.2 Å². The summed E-state index contributed by atoms with van der Waals surface area (Å²) >= 11 is 0. The van der Waals surface area contributed by atoms with Crippen LogP contribution in [0.25, 0.3) is 0 Å². The standard InChI is InChI=1S/C19H23NO2/c1-22-19-9-5-4-8-17(19)18(21)11-13-20-12-10-15-6-2-3-7-16(15)14-20/h2-9,18,21H,10-14H2,1H3. The maximum atomic E-state index is 10.5. The van der Waals surface area contributed by atoms with Crippen molar-refractivity contribution in [3.05, 3.63) is 65.2 Å². The van der Waals surface area contributed by atoms with Gasteiger partial charge in [-0.2, -0.15) is 0 Å². The van der Waals surface area contributed by atoms with Gasteiger partial charge in [-0.25, -0.2) is 0 Å². The first-order valence-corrected chi connectivity index (χ1v) is 7.88. The van der Waals surface area contributed by atoms with Crippen molar-refractivity contribution in [2.24, 2.45) is 0 Å². The maximum Gasteiger partial charge on any atom is 0.124 e. The average Bonchev–Trinajstić information content (AvgIpc) is 2.59. The molecule has 0 aliphatic carbocycles. The van der Waals surface area contributed by atoms with E-state index in [4.69, 9.17) is 4.74 Å². The molecule has 0 saturated carbocycles. The van der Waals surface area contributed by atoms with Crippen LogP contribution in [0, 0.1) is 0 Å². The smallest absolute Gasteiger partial charge is 0.124 e. The normalized spacial score (nSPS) is 16.1. The molecule has 1 heterocycles. The lowest BCUT2D eigenvalue weighted by atomic mass is 9.99. The molecule has 1 N–H and O–H groups in total. The Balaban J connectivity index is 1.59. The average molecular weight is 297 g/mol. The highest BCUT2D eigenvalue weighted by molar-refractivity contribution is 5.35. The van der Waals surface area contributed by atoms with Crippen LogP contribution in [0.15, 0.2) is 48.5 Å². The van der Waals surface area contributed by atoms with E-state index in [0.29, 0.717) is 0 Å². The van der Waals surface area contributed by atoms with Crippen molar-refractivity contribution in [1.29, 1.82) is 0 Å². The van der Waals surface area contributed by atoms with Gasteiger partial charge < -0.3 is 9.84 Å².